The second-order valence-electron chi connectivity index (χ2n) is 11.7. The summed E-state index contributed by atoms with van der Waals surface area (Å²) in [5.41, 5.74) is 2.03. The van der Waals surface area contributed by atoms with Gasteiger partial charge in [-0.3, -0.25) is 9.59 Å². The molecule has 1 aromatic rings. The van der Waals surface area contributed by atoms with E-state index >= 15 is 0 Å². The summed E-state index contributed by atoms with van der Waals surface area (Å²) in [5, 5.41) is 15.7. The average Bonchev–Trinajstić information content (AvgIpc) is 2.82. The lowest BCUT2D eigenvalue weighted by atomic mass is 9.95. The lowest BCUT2D eigenvalue weighted by Crippen LogP contribution is -2.56. The fourth-order valence-corrected chi connectivity index (χ4v) is 4.18. The number of hydrogen-bond acceptors (Lipinski definition) is 5. The van der Waals surface area contributed by atoms with Crippen LogP contribution in [0.15, 0.2) is 18.2 Å². The molecule has 216 valence electrons. The number of hydrogen-bond donors (Lipinski definition) is 3. The first kappa shape index (κ1) is 33.4. The van der Waals surface area contributed by atoms with E-state index in [-0.39, 0.29) is 11.9 Å². The van der Waals surface area contributed by atoms with Crippen molar-refractivity contribution in [2.24, 2.45) is 5.92 Å². The smallest absolute Gasteiger partial charge is 0.408 e. The van der Waals surface area contributed by atoms with Gasteiger partial charge in [0.15, 0.2) is 0 Å². The number of rotatable bonds is 14. The maximum atomic E-state index is 14.0. The lowest BCUT2D eigenvalue weighted by molar-refractivity contribution is -0.146. The first-order chi connectivity index (χ1) is 17.7. The standard InChI is InChI=1S/C30H51N3O5/c1-10-11-12-17-31-27(35)26(24-16-14-21(4)22(5)18-24)33(23(6)15-13-20(2)3)28(36)25(19-34)32-29(37)38-30(7,8)9/h14,16,18,20,23,25-26,34H,10-13,15,17,19H2,1-9H3,(H,31,35)(H,32,37). The van der Waals surface area contributed by atoms with Gasteiger partial charge < -0.3 is 25.4 Å². The lowest BCUT2D eigenvalue weighted by Gasteiger charge is -2.38. The van der Waals surface area contributed by atoms with Gasteiger partial charge in [-0.1, -0.05) is 51.8 Å². The normalized spacial score (nSPS) is 14.0. The van der Waals surface area contributed by atoms with Gasteiger partial charge in [-0.05, 0) is 83.4 Å². The molecule has 0 aliphatic heterocycles. The van der Waals surface area contributed by atoms with E-state index in [2.05, 4.69) is 31.4 Å². The van der Waals surface area contributed by atoms with Crippen LogP contribution in [0.3, 0.4) is 0 Å². The molecule has 0 saturated carbocycles. The SMILES string of the molecule is CCCCCNC(=O)C(c1ccc(C)c(C)c1)N(C(=O)C(CO)NC(=O)OC(C)(C)C)C(C)CCC(C)C. The number of nitrogens with one attached hydrogen (secondary N) is 2. The molecule has 1 rings (SSSR count). The maximum absolute atomic E-state index is 14.0. The van der Waals surface area contributed by atoms with Crippen LogP contribution >= 0.6 is 0 Å². The van der Waals surface area contributed by atoms with Crippen LogP contribution in [0.1, 0.15) is 103 Å². The van der Waals surface area contributed by atoms with Crippen LogP contribution in [0, 0.1) is 19.8 Å². The zero-order valence-electron chi connectivity index (χ0n) is 25.0. The third kappa shape index (κ3) is 11.0. The number of carbonyl (C=O) groups excluding carboxylic acids is 3. The average molecular weight is 534 g/mol. The van der Waals surface area contributed by atoms with Gasteiger partial charge in [0.2, 0.25) is 11.8 Å². The molecule has 0 saturated heterocycles. The van der Waals surface area contributed by atoms with Crippen molar-refractivity contribution >= 4 is 17.9 Å². The van der Waals surface area contributed by atoms with E-state index in [1.54, 1.807) is 25.7 Å². The van der Waals surface area contributed by atoms with Crippen molar-refractivity contribution in [3.8, 4) is 0 Å². The van der Waals surface area contributed by atoms with E-state index in [0.717, 1.165) is 36.8 Å². The van der Waals surface area contributed by atoms with Crippen molar-refractivity contribution in [1.82, 2.24) is 15.5 Å². The molecule has 8 heteroatoms. The second-order valence-corrected chi connectivity index (χ2v) is 11.7. The van der Waals surface area contributed by atoms with Gasteiger partial charge in [0.25, 0.3) is 0 Å². The van der Waals surface area contributed by atoms with Gasteiger partial charge in [0.1, 0.15) is 17.7 Å². The molecule has 8 nitrogen and oxygen atoms in total. The first-order valence-electron chi connectivity index (χ1n) is 14.0. The van der Waals surface area contributed by atoms with Crippen LogP contribution in [0.2, 0.25) is 0 Å². The molecule has 0 aromatic heterocycles. The van der Waals surface area contributed by atoms with Crippen molar-refractivity contribution in [2.75, 3.05) is 13.2 Å². The Labute approximate surface area is 229 Å². The van der Waals surface area contributed by atoms with Crippen LogP contribution in [0.5, 0.6) is 0 Å². The van der Waals surface area contributed by atoms with Crippen molar-refractivity contribution in [3.63, 3.8) is 0 Å². The van der Waals surface area contributed by atoms with Gasteiger partial charge in [0.05, 0.1) is 6.61 Å². The van der Waals surface area contributed by atoms with Crippen LogP contribution < -0.4 is 10.6 Å². The molecule has 3 N–H and O–H groups in total. The van der Waals surface area contributed by atoms with E-state index in [1.807, 2.05) is 39.0 Å². The largest absolute Gasteiger partial charge is 0.444 e. The van der Waals surface area contributed by atoms with Gasteiger partial charge in [-0.15, -0.1) is 0 Å². The number of aliphatic hydroxyl groups excluding tert-OH is 1. The topological polar surface area (TPSA) is 108 Å². The molecule has 0 radical (unpaired) electrons. The molecular formula is C30H51N3O5. The van der Waals surface area contributed by atoms with Gasteiger partial charge in [-0.25, -0.2) is 4.79 Å². The third-order valence-electron chi connectivity index (χ3n) is 6.52. The number of nitrogens with zero attached hydrogens (tertiary/aromatic N) is 1. The Kier molecular flexibility index (Phi) is 13.8. The zero-order valence-corrected chi connectivity index (χ0v) is 25.0. The zero-order chi connectivity index (χ0) is 29.0. The summed E-state index contributed by atoms with van der Waals surface area (Å²) in [6.45, 7) is 17.3. The van der Waals surface area contributed by atoms with Gasteiger partial charge >= 0.3 is 6.09 Å². The molecule has 0 aliphatic carbocycles. The fraction of sp³-hybridized carbons (Fsp3) is 0.700. The van der Waals surface area contributed by atoms with Crippen molar-refractivity contribution in [1.29, 1.82) is 0 Å². The monoisotopic (exact) mass is 533 g/mol. The summed E-state index contributed by atoms with van der Waals surface area (Å²) in [6.07, 6.45) is 3.59. The summed E-state index contributed by atoms with van der Waals surface area (Å²) >= 11 is 0. The molecule has 3 atom stereocenters. The number of amides is 3. The number of carbonyl (C=O) groups is 3. The highest BCUT2D eigenvalue weighted by atomic mass is 16.6. The molecule has 38 heavy (non-hydrogen) atoms. The summed E-state index contributed by atoms with van der Waals surface area (Å²) < 4.78 is 5.33. The predicted octanol–water partition coefficient (Wildman–Crippen LogP) is 5.19. The minimum absolute atomic E-state index is 0.275. The summed E-state index contributed by atoms with van der Waals surface area (Å²) in [7, 11) is 0. The molecule has 3 unspecified atom stereocenters. The van der Waals surface area contributed by atoms with Crippen LogP contribution in [0.25, 0.3) is 0 Å². The third-order valence-corrected chi connectivity index (χ3v) is 6.52. The Morgan fingerprint density at radius 2 is 1.68 bits per heavy atom. The van der Waals surface area contributed by atoms with E-state index in [4.69, 9.17) is 4.74 Å². The van der Waals surface area contributed by atoms with Crippen LogP contribution in [-0.4, -0.2) is 58.8 Å². The Bertz CT molecular complexity index is 910. The number of unbranched alkanes of at least 4 members (excludes halogenated alkanes) is 2. The summed E-state index contributed by atoms with van der Waals surface area (Å²) in [6, 6.07) is 3.27. The Hall–Kier alpha value is -2.61. The highest BCUT2D eigenvalue weighted by Gasteiger charge is 2.38. The summed E-state index contributed by atoms with van der Waals surface area (Å²) in [5.74, 6) is -0.393. The van der Waals surface area contributed by atoms with Crippen LogP contribution in [0.4, 0.5) is 4.79 Å². The Morgan fingerprint density at radius 1 is 1.03 bits per heavy atom. The molecule has 0 heterocycles. The van der Waals surface area contributed by atoms with E-state index < -0.39 is 36.3 Å². The molecule has 0 bridgehead atoms. The predicted molar refractivity (Wildman–Crippen MR) is 152 cm³/mol. The second kappa shape index (κ2) is 15.7. The maximum Gasteiger partial charge on any atom is 0.408 e. The number of aryl methyl sites for hydroxylation is 2. The fourth-order valence-electron chi connectivity index (χ4n) is 4.18. The molecular weight excluding hydrogens is 482 g/mol. The minimum atomic E-state index is -1.26. The Morgan fingerprint density at radius 3 is 2.21 bits per heavy atom. The highest BCUT2D eigenvalue weighted by molar-refractivity contribution is 5.92. The van der Waals surface area contributed by atoms with Crippen LogP contribution in [-0.2, 0) is 14.3 Å². The van der Waals surface area contributed by atoms with Gasteiger partial charge in [0, 0.05) is 12.6 Å². The molecule has 0 fully saturated rings. The first-order valence-corrected chi connectivity index (χ1v) is 14.0. The number of aliphatic hydroxyl groups is 1. The number of benzene rings is 1. The number of ether oxygens (including phenoxy) is 1. The minimum Gasteiger partial charge on any atom is -0.444 e. The highest BCUT2D eigenvalue weighted by Crippen LogP contribution is 2.29. The van der Waals surface area contributed by atoms with Crippen molar-refractivity contribution in [3.05, 3.63) is 34.9 Å². The summed E-state index contributed by atoms with van der Waals surface area (Å²) in [4.78, 5) is 41.8. The Balaban J connectivity index is 3.51. The molecule has 0 spiro atoms. The van der Waals surface area contributed by atoms with Crippen molar-refractivity contribution < 1.29 is 24.2 Å². The molecule has 0 aliphatic rings. The molecule has 3 amide bonds. The van der Waals surface area contributed by atoms with Gasteiger partial charge in [-0.2, -0.15) is 0 Å². The van der Waals surface area contributed by atoms with E-state index in [0.29, 0.717) is 24.4 Å². The molecule has 1 aromatic carbocycles. The van der Waals surface area contributed by atoms with Crippen molar-refractivity contribution in [2.45, 2.75) is 118 Å². The number of alkyl carbamates (subject to hydrolysis) is 1. The quantitative estimate of drug-likeness (QED) is 0.285. The van der Waals surface area contributed by atoms with E-state index in [1.165, 1.54) is 0 Å². The van der Waals surface area contributed by atoms with E-state index in [9.17, 15) is 19.5 Å².